The molecule has 0 bridgehead atoms. The molecule has 0 saturated carbocycles. The van der Waals surface area contributed by atoms with Crippen molar-refractivity contribution in [3.63, 3.8) is 0 Å². The minimum atomic E-state index is -0.104. The molecule has 1 saturated heterocycles. The van der Waals surface area contributed by atoms with Crippen LogP contribution in [-0.2, 0) is 9.53 Å². The summed E-state index contributed by atoms with van der Waals surface area (Å²) in [7, 11) is 0. The number of amides is 1. The molecule has 1 aliphatic heterocycles. The van der Waals surface area contributed by atoms with E-state index in [9.17, 15) is 4.79 Å². The van der Waals surface area contributed by atoms with E-state index in [0.717, 1.165) is 18.8 Å². The number of carbonyl (C=O) groups is 1. The van der Waals surface area contributed by atoms with Crippen molar-refractivity contribution in [1.82, 2.24) is 5.32 Å². The molecule has 0 aromatic heterocycles. The van der Waals surface area contributed by atoms with Crippen LogP contribution >= 0.6 is 0 Å². The van der Waals surface area contributed by atoms with Gasteiger partial charge in [-0.25, -0.2) is 0 Å². The molecular weight excluding hydrogens is 192 g/mol. The molecule has 2 N–H and O–H groups in total. The van der Waals surface area contributed by atoms with E-state index in [4.69, 9.17) is 4.74 Å². The number of benzene rings is 1. The van der Waals surface area contributed by atoms with Gasteiger partial charge in [-0.15, -0.1) is 0 Å². The van der Waals surface area contributed by atoms with E-state index in [1.807, 2.05) is 30.3 Å². The molecule has 0 atom stereocenters. The average Bonchev–Trinajstić information content (AvgIpc) is 2.17. The fraction of sp³-hybridized carbons (Fsp3) is 0.364. The molecule has 1 aromatic carbocycles. The number of ether oxygens (including phenoxy) is 1. The maximum atomic E-state index is 11.4. The summed E-state index contributed by atoms with van der Waals surface area (Å²) in [5.41, 5.74) is 0.804. The second-order valence-electron chi connectivity index (χ2n) is 3.51. The lowest BCUT2D eigenvalue weighted by atomic mass is 10.2. The first-order valence-electron chi connectivity index (χ1n) is 5.02. The first-order valence-corrected chi connectivity index (χ1v) is 5.02. The van der Waals surface area contributed by atoms with E-state index in [0.29, 0.717) is 0 Å². The van der Waals surface area contributed by atoms with Gasteiger partial charge in [0.1, 0.15) is 6.61 Å². The Kier molecular flexibility index (Phi) is 3.32. The van der Waals surface area contributed by atoms with E-state index in [1.165, 1.54) is 0 Å². The summed E-state index contributed by atoms with van der Waals surface area (Å²) in [5.74, 6) is -0.104. The van der Waals surface area contributed by atoms with Crippen molar-refractivity contribution in [2.45, 2.75) is 6.10 Å². The topological polar surface area (TPSA) is 50.4 Å². The highest BCUT2D eigenvalue weighted by Gasteiger charge is 2.18. The lowest BCUT2D eigenvalue weighted by Gasteiger charge is -2.26. The lowest BCUT2D eigenvalue weighted by Crippen LogP contribution is -2.49. The summed E-state index contributed by atoms with van der Waals surface area (Å²) in [4.78, 5) is 11.4. The normalized spacial score (nSPS) is 15.7. The van der Waals surface area contributed by atoms with Crippen LogP contribution in [0.5, 0.6) is 0 Å². The van der Waals surface area contributed by atoms with Crippen molar-refractivity contribution < 1.29 is 9.53 Å². The van der Waals surface area contributed by atoms with Gasteiger partial charge in [0.15, 0.2) is 0 Å². The molecule has 0 radical (unpaired) electrons. The van der Waals surface area contributed by atoms with Crippen LogP contribution in [0.3, 0.4) is 0 Å². The van der Waals surface area contributed by atoms with Crippen LogP contribution in [0.1, 0.15) is 0 Å². The molecule has 4 nitrogen and oxygen atoms in total. The molecule has 80 valence electrons. The van der Waals surface area contributed by atoms with Crippen LogP contribution in [-0.4, -0.2) is 31.7 Å². The second kappa shape index (κ2) is 4.91. The Morgan fingerprint density at radius 1 is 1.40 bits per heavy atom. The second-order valence-corrected chi connectivity index (χ2v) is 3.51. The van der Waals surface area contributed by atoms with E-state index in [2.05, 4.69) is 10.6 Å². The van der Waals surface area contributed by atoms with Gasteiger partial charge < -0.3 is 15.4 Å². The molecule has 1 aliphatic rings. The van der Waals surface area contributed by atoms with Crippen LogP contribution in [0.4, 0.5) is 5.69 Å². The van der Waals surface area contributed by atoms with Gasteiger partial charge in [-0.3, -0.25) is 4.79 Å². The Morgan fingerprint density at radius 3 is 2.73 bits per heavy atom. The molecule has 1 aromatic rings. The minimum Gasteiger partial charge on any atom is -0.366 e. The summed E-state index contributed by atoms with van der Waals surface area (Å²) in [6.07, 6.45) is 0.200. The molecule has 4 heteroatoms. The predicted molar refractivity (Wildman–Crippen MR) is 57.7 cm³/mol. The molecule has 0 unspecified atom stereocenters. The van der Waals surface area contributed by atoms with Gasteiger partial charge in [0, 0.05) is 18.8 Å². The SMILES string of the molecule is O=C(COC1CNC1)Nc1ccccc1. The first-order chi connectivity index (χ1) is 7.34. The summed E-state index contributed by atoms with van der Waals surface area (Å²) in [6, 6.07) is 9.37. The summed E-state index contributed by atoms with van der Waals surface area (Å²) < 4.78 is 5.34. The van der Waals surface area contributed by atoms with Crippen LogP contribution < -0.4 is 10.6 Å². The smallest absolute Gasteiger partial charge is 0.250 e. The fourth-order valence-corrected chi connectivity index (χ4v) is 1.29. The van der Waals surface area contributed by atoms with Crippen LogP contribution in [0, 0.1) is 0 Å². The summed E-state index contributed by atoms with van der Waals surface area (Å²) in [5, 5.41) is 5.84. The molecule has 1 fully saturated rings. The number of rotatable bonds is 4. The molecule has 0 spiro atoms. The zero-order chi connectivity index (χ0) is 10.5. The molecule has 1 amide bonds. The monoisotopic (exact) mass is 206 g/mol. The lowest BCUT2D eigenvalue weighted by molar-refractivity contribution is -0.123. The molecule has 0 aliphatic carbocycles. The summed E-state index contributed by atoms with van der Waals surface area (Å²) in [6.45, 7) is 1.82. The van der Waals surface area contributed by atoms with Crippen molar-refractivity contribution in [1.29, 1.82) is 0 Å². The summed E-state index contributed by atoms with van der Waals surface area (Å²) >= 11 is 0. The molecule has 15 heavy (non-hydrogen) atoms. The van der Waals surface area contributed by atoms with Gasteiger partial charge in [-0.05, 0) is 12.1 Å². The first kappa shape index (κ1) is 10.1. The van der Waals surface area contributed by atoms with E-state index < -0.39 is 0 Å². The largest absolute Gasteiger partial charge is 0.366 e. The van der Waals surface area contributed by atoms with Crippen molar-refractivity contribution >= 4 is 11.6 Å². The van der Waals surface area contributed by atoms with Crippen molar-refractivity contribution in [3.8, 4) is 0 Å². The third kappa shape index (κ3) is 3.04. The number of nitrogens with one attached hydrogen (secondary N) is 2. The third-order valence-corrected chi connectivity index (χ3v) is 2.25. The molecule has 2 rings (SSSR count). The van der Waals surface area contributed by atoms with Gasteiger partial charge in [-0.2, -0.15) is 0 Å². The number of anilines is 1. The van der Waals surface area contributed by atoms with Crippen molar-refractivity contribution in [2.75, 3.05) is 25.0 Å². The Morgan fingerprint density at radius 2 is 2.13 bits per heavy atom. The van der Waals surface area contributed by atoms with Crippen LogP contribution in [0.15, 0.2) is 30.3 Å². The zero-order valence-corrected chi connectivity index (χ0v) is 8.40. The highest BCUT2D eigenvalue weighted by Crippen LogP contribution is 2.05. The Labute approximate surface area is 88.6 Å². The van der Waals surface area contributed by atoms with Gasteiger partial charge in [0.25, 0.3) is 0 Å². The number of para-hydroxylation sites is 1. The third-order valence-electron chi connectivity index (χ3n) is 2.25. The average molecular weight is 206 g/mol. The highest BCUT2D eigenvalue weighted by molar-refractivity contribution is 5.91. The van der Waals surface area contributed by atoms with E-state index in [-0.39, 0.29) is 18.6 Å². The quantitative estimate of drug-likeness (QED) is 0.759. The van der Waals surface area contributed by atoms with E-state index in [1.54, 1.807) is 0 Å². The van der Waals surface area contributed by atoms with Crippen LogP contribution in [0.2, 0.25) is 0 Å². The van der Waals surface area contributed by atoms with Crippen molar-refractivity contribution in [2.24, 2.45) is 0 Å². The van der Waals surface area contributed by atoms with Gasteiger partial charge in [0.05, 0.1) is 6.10 Å². The molecular formula is C11H14N2O2. The van der Waals surface area contributed by atoms with Gasteiger partial charge in [0.2, 0.25) is 5.91 Å². The number of hydrogen-bond donors (Lipinski definition) is 2. The zero-order valence-electron chi connectivity index (χ0n) is 8.40. The van der Waals surface area contributed by atoms with E-state index >= 15 is 0 Å². The van der Waals surface area contributed by atoms with Crippen molar-refractivity contribution in [3.05, 3.63) is 30.3 Å². The van der Waals surface area contributed by atoms with Gasteiger partial charge in [-0.1, -0.05) is 18.2 Å². The minimum absolute atomic E-state index is 0.104. The Balaban J connectivity index is 1.72. The highest BCUT2D eigenvalue weighted by atomic mass is 16.5. The Bertz CT molecular complexity index is 323. The number of carbonyl (C=O) groups excluding carboxylic acids is 1. The number of hydrogen-bond acceptors (Lipinski definition) is 3. The van der Waals surface area contributed by atoms with Crippen LogP contribution in [0.25, 0.3) is 0 Å². The predicted octanol–water partition coefficient (Wildman–Crippen LogP) is 0.613. The maximum Gasteiger partial charge on any atom is 0.250 e. The Hall–Kier alpha value is -1.39. The maximum absolute atomic E-state index is 11.4. The standard InChI is InChI=1S/C11H14N2O2/c14-11(8-15-10-6-12-7-10)13-9-4-2-1-3-5-9/h1-5,10,12H,6-8H2,(H,13,14). The molecule has 1 heterocycles. The fourth-order valence-electron chi connectivity index (χ4n) is 1.29. The van der Waals surface area contributed by atoms with Gasteiger partial charge >= 0.3 is 0 Å².